The van der Waals surface area contributed by atoms with Gasteiger partial charge in [-0.25, -0.2) is 0 Å². The van der Waals surface area contributed by atoms with Crippen LogP contribution < -0.4 is 5.56 Å². The Morgan fingerprint density at radius 3 is 3.06 bits per heavy atom. The van der Waals surface area contributed by atoms with E-state index in [0.29, 0.717) is 30.5 Å². The van der Waals surface area contributed by atoms with Crippen LogP contribution in [0.25, 0.3) is 11.4 Å². The number of nitrogens with zero attached hydrogens (tertiary/aromatic N) is 2. The highest BCUT2D eigenvalue weighted by Crippen LogP contribution is 2.12. The van der Waals surface area contributed by atoms with Gasteiger partial charge in [0, 0.05) is 24.4 Å². The van der Waals surface area contributed by atoms with Crippen molar-refractivity contribution in [2.24, 2.45) is 0 Å². The molecule has 0 aliphatic heterocycles. The molecule has 0 aliphatic rings. The molecule has 84 valence electrons. The number of pyridine rings is 1. The molecule has 0 unspecified atom stereocenters. The number of nitrogens with one attached hydrogen (secondary N) is 1. The average molecular weight is 221 g/mol. The molecule has 0 aromatic carbocycles. The third-order valence-electron chi connectivity index (χ3n) is 1.94. The van der Waals surface area contributed by atoms with Crippen molar-refractivity contribution >= 4 is 0 Å². The van der Waals surface area contributed by atoms with Crippen LogP contribution in [0.3, 0.4) is 0 Å². The fourth-order valence-corrected chi connectivity index (χ4v) is 1.17. The summed E-state index contributed by atoms with van der Waals surface area (Å²) >= 11 is 0. The van der Waals surface area contributed by atoms with Crippen LogP contribution in [0.2, 0.25) is 0 Å². The lowest BCUT2D eigenvalue weighted by Gasteiger charge is -1.92. The SMILES string of the molecule is CCOCc1nc(-c2ccc(=O)[nH]c2)no1. The molecule has 0 radical (unpaired) electrons. The lowest BCUT2D eigenvalue weighted by atomic mass is 10.3. The summed E-state index contributed by atoms with van der Waals surface area (Å²) < 4.78 is 10.1. The topological polar surface area (TPSA) is 81.0 Å². The fraction of sp³-hybridized carbons (Fsp3) is 0.300. The van der Waals surface area contributed by atoms with E-state index in [-0.39, 0.29) is 5.56 Å². The highest BCUT2D eigenvalue weighted by molar-refractivity contribution is 5.51. The molecular formula is C10H11N3O3. The molecule has 6 heteroatoms. The summed E-state index contributed by atoms with van der Waals surface area (Å²) in [7, 11) is 0. The van der Waals surface area contributed by atoms with Gasteiger partial charge in [-0.3, -0.25) is 4.79 Å². The average Bonchev–Trinajstić information content (AvgIpc) is 2.76. The van der Waals surface area contributed by atoms with Gasteiger partial charge >= 0.3 is 0 Å². The van der Waals surface area contributed by atoms with Gasteiger partial charge in [0.05, 0.1) is 0 Å². The van der Waals surface area contributed by atoms with E-state index in [0.717, 1.165) is 0 Å². The van der Waals surface area contributed by atoms with E-state index >= 15 is 0 Å². The molecule has 0 fully saturated rings. The van der Waals surface area contributed by atoms with Crippen molar-refractivity contribution in [3.8, 4) is 11.4 Å². The Hall–Kier alpha value is -1.95. The normalized spacial score (nSPS) is 10.6. The summed E-state index contributed by atoms with van der Waals surface area (Å²) in [5.41, 5.74) is 0.535. The third-order valence-corrected chi connectivity index (χ3v) is 1.94. The number of hydrogen-bond donors (Lipinski definition) is 1. The van der Waals surface area contributed by atoms with Crippen molar-refractivity contribution in [3.05, 3.63) is 34.6 Å². The minimum absolute atomic E-state index is 0.165. The summed E-state index contributed by atoms with van der Waals surface area (Å²) in [6.07, 6.45) is 1.54. The minimum atomic E-state index is -0.165. The van der Waals surface area contributed by atoms with Gasteiger partial charge < -0.3 is 14.2 Å². The van der Waals surface area contributed by atoms with Gasteiger partial charge in [-0.1, -0.05) is 5.16 Å². The maximum Gasteiger partial charge on any atom is 0.252 e. The fourth-order valence-electron chi connectivity index (χ4n) is 1.17. The smallest absolute Gasteiger partial charge is 0.252 e. The molecule has 0 atom stereocenters. The molecule has 2 rings (SSSR count). The first-order valence-electron chi connectivity index (χ1n) is 4.89. The van der Waals surface area contributed by atoms with Crippen LogP contribution in [0.5, 0.6) is 0 Å². The zero-order valence-electron chi connectivity index (χ0n) is 8.77. The van der Waals surface area contributed by atoms with Crippen molar-refractivity contribution < 1.29 is 9.26 Å². The zero-order chi connectivity index (χ0) is 11.4. The summed E-state index contributed by atoms with van der Waals surface area (Å²) in [6.45, 7) is 2.78. The maximum absolute atomic E-state index is 10.9. The summed E-state index contributed by atoms with van der Waals surface area (Å²) in [4.78, 5) is 17.5. The van der Waals surface area contributed by atoms with Crippen molar-refractivity contribution in [1.82, 2.24) is 15.1 Å². The van der Waals surface area contributed by atoms with Crippen LogP contribution in [0.1, 0.15) is 12.8 Å². The standard InChI is InChI=1S/C10H11N3O3/c1-2-15-6-9-12-10(13-16-9)7-3-4-8(14)11-5-7/h3-5H,2,6H2,1H3,(H,11,14). The Morgan fingerprint density at radius 2 is 2.38 bits per heavy atom. The summed E-state index contributed by atoms with van der Waals surface area (Å²) in [6, 6.07) is 3.04. The van der Waals surface area contributed by atoms with Crippen molar-refractivity contribution in [2.75, 3.05) is 6.61 Å². The second-order valence-electron chi connectivity index (χ2n) is 3.09. The lowest BCUT2D eigenvalue weighted by molar-refractivity contribution is 0.109. The van der Waals surface area contributed by atoms with Gasteiger partial charge in [-0.05, 0) is 13.0 Å². The largest absolute Gasteiger partial charge is 0.372 e. The Bertz CT molecular complexity index is 498. The first-order valence-corrected chi connectivity index (χ1v) is 4.89. The van der Waals surface area contributed by atoms with Crippen LogP contribution in [0, 0.1) is 0 Å². The van der Waals surface area contributed by atoms with Crippen LogP contribution >= 0.6 is 0 Å². The van der Waals surface area contributed by atoms with E-state index in [1.54, 1.807) is 6.07 Å². The Kier molecular flexibility index (Phi) is 3.11. The predicted octanol–water partition coefficient (Wildman–Crippen LogP) is 0.961. The first kappa shape index (κ1) is 10.6. The molecule has 6 nitrogen and oxygen atoms in total. The number of rotatable bonds is 4. The first-order chi connectivity index (χ1) is 7.79. The quantitative estimate of drug-likeness (QED) is 0.831. The van der Waals surface area contributed by atoms with Crippen molar-refractivity contribution in [3.63, 3.8) is 0 Å². The summed E-state index contributed by atoms with van der Waals surface area (Å²) in [5, 5.41) is 3.78. The van der Waals surface area contributed by atoms with E-state index in [1.165, 1.54) is 12.3 Å². The molecule has 1 N–H and O–H groups in total. The molecule has 2 heterocycles. The van der Waals surface area contributed by atoms with E-state index < -0.39 is 0 Å². The molecule has 16 heavy (non-hydrogen) atoms. The molecule has 2 aromatic rings. The van der Waals surface area contributed by atoms with E-state index in [2.05, 4.69) is 15.1 Å². The number of aromatic nitrogens is 3. The van der Waals surface area contributed by atoms with Gasteiger partial charge in [-0.2, -0.15) is 4.98 Å². The molecular weight excluding hydrogens is 210 g/mol. The molecule has 2 aromatic heterocycles. The van der Waals surface area contributed by atoms with Crippen molar-refractivity contribution in [2.45, 2.75) is 13.5 Å². The highest BCUT2D eigenvalue weighted by Gasteiger charge is 2.07. The molecule has 0 saturated carbocycles. The Labute approximate surface area is 91.3 Å². The highest BCUT2D eigenvalue weighted by atomic mass is 16.5. The van der Waals surface area contributed by atoms with Crippen LogP contribution in [0.4, 0.5) is 0 Å². The number of hydrogen-bond acceptors (Lipinski definition) is 5. The molecule has 0 amide bonds. The third kappa shape index (κ3) is 2.34. The lowest BCUT2D eigenvalue weighted by Crippen LogP contribution is -2.01. The molecule has 0 aliphatic carbocycles. The maximum atomic E-state index is 10.9. The van der Waals surface area contributed by atoms with E-state index in [4.69, 9.17) is 9.26 Å². The van der Waals surface area contributed by atoms with Gasteiger partial charge in [0.15, 0.2) is 0 Å². The van der Waals surface area contributed by atoms with Crippen molar-refractivity contribution in [1.29, 1.82) is 0 Å². The van der Waals surface area contributed by atoms with E-state index in [9.17, 15) is 4.79 Å². The Balaban J connectivity index is 2.18. The predicted molar refractivity (Wildman–Crippen MR) is 55.7 cm³/mol. The molecule has 0 bridgehead atoms. The van der Waals surface area contributed by atoms with E-state index in [1.807, 2.05) is 6.92 Å². The van der Waals surface area contributed by atoms with Crippen LogP contribution in [0.15, 0.2) is 27.6 Å². The van der Waals surface area contributed by atoms with Gasteiger partial charge in [0.2, 0.25) is 11.4 Å². The van der Waals surface area contributed by atoms with Crippen LogP contribution in [-0.2, 0) is 11.3 Å². The van der Waals surface area contributed by atoms with Crippen LogP contribution in [-0.4, -0.2) is 21.7 Å². The Morgan fingerprint density at radius 1 is 1.50 bits per heavy atom. The molecule has 0 saturated heterocycles. The number of H-pyrrole nitrogens is 1. The summed E-state index contributed by atoms with van der Waals surface area (Å²) in [5.74, 6) is 0.856. The zero-order valence-corrected chi connectivity index (χ0v) is 8.77. The minimum Gasteiger partial charge on any atom is -0.372 e. The number of aromatic amines is 1. The molecule has 0 spiro atoms. The number of ether oxygens (including phenoxy) is 1. The van der Waals surface area contributed by atoms with Gasteiger partial charge in [-0.15, -0.1) is 0 Å². The monoisotopic (exact) mass is 221 g/mol. The second-order valence-corrected chi connectivity index (χ2v) is 3.09. The second kappa shape index (κ2) is 4.71. The van der Waals surface area contributed by atoms with Gasteiger partial charge in [0.1, 0.15) is 6.61 Å². The van der Waals surface area contributed by atoms with Gasteiger partial charge in [0.25, 0.3) is 5.89 Å².